The van der Waals surface area contributed by atoms with Crippen LogP contribution in [0.15, 0.2) is 18.2 Å². The van der Waals surface area contributed by atoms with Crippen molar-refractivity contribution in [2.45, 2.75) is 30.3 Å². The number of fused-ring (bicyclic) bond motifs is 1. The first-order valence-corrected chi connectivity index (χ1v) is 5.03. The van der Waals surface area contributed by atoms with Gasteiger partial charge in [-0.3, -0.25) is 0 Å². The molecular formula is C11H7F7O. The second kappa shape index (κ2) is 3.41. The Labute approximate surface area is 102 Å². The van der Waals surface area contributed by atoms with Crippen LogP contribution in [0.4, 0.5) is 30.7 Å². The van der Waals surface area contributed by atoms with Gasteiger partial charge in [0.25, 0.3) is 5.92 Å². The number of halogens is 7. The Bertz CT molecular complexity index is 534. The van der Waals surface area contributed by atoms with Crippen molar-refractivity contribution in [3.05, 3.63) is 35.1 Å². The van der Waals surface area contributed by atoms with Crippen molar-refractivity contribution in [2.24, 2.45) is 0 Å². The fourth-order valence-electron chi connectivity index (χ4n) is 2.17. The average molecular weight is 288 g/mol. The highest BCUT2D eigenvalue weighted by Crippen LogP contribution is 2.64. The quantitative estimate of drug-likeness (QED) is 0.785. The summed E-state index contributed by atoms with van der Waals surface area (Å²) >= 11 is 0. The van der Waals surface area contributed by atoms with Crippen LogP contribution in [0.1, 0.15) is 18.1 Å². The van der Waals surface area contributed by atoms with Crippen molar-refractivity contribution < 1.29 is 35.8 Å². The van der Waals surface area contributed by atoms with E-state index in [0.29, 0.717) is 6.07 Å². The zero-order valence-electron chi connectivity index (χ0n) is 9.33. The summed E-state index contributed by atoms with van der Waals surface area (Å²) < 4.78 is 93.7. The Hall–Kier alpha value is -1.31. The van der Waals surface area contributed by atoms with Crippen LogP contribution in [0.5, 0.6) is 0 Å². The van der Waals surface area contributed by atoms with Gasteiger partial charge in [-0.2, -0.15) is 17.6 Å². The van der Waals surface area contributed by atoms with E-state index in [2.05, 4.69) is 0 Å². The van der Waals surface area contributed by atoms with E-state index in [1.54, 1.807) is 0 Å². The highest BCUT2D eigenvalue weighted by Gasteiger charge is 2.82. The predicted octanol–water partition coefficient (Wildman–Crippen LogP) is 3.41. The first kappa shape index (κ1) is 14.1. The smallest absolute Gasteiger partial charge is 0.352 e. The van der Waals surface area contributed by atoms with Gasteiger partial charge in [0.1, 0.15) is 5.82 Å². The molecule has 0 radical (unpaired) electrons. The van der Waals surface area contributed by atoms with E-state index in [-0.39, 0.29) is 19.1 Å². The maximum Gasteiger partial charge on any atom is 0.352 e. The van der Waals surface area contributed by atoms with Crippen molar-refractivity contribution in [2.75, 3.05) is 0 Å². The minimum absolute atomic E-state index is 0.0710. The lowest BCUT2D eigenvalue weighted by atomic mass is 9.87. The number of benzene rings is 1. The molecule has 0 heterocycles. The van der Waals surface area contributed by atoms with Crippen LogP contribution in [0.3, 0.4) is 0 Å². The molecule has 0 fully saturated rings. The van der Waals surface area contributed by atoms with Crippen molar-refractivity contribution in [3.63, 3.8) is 0 Å². The summed E-state index contributed by atoms with van der Waals surface area (Å²) in [5, 5.41) is 9.52. The average Bonchev–Trinajstić information content (AvgIpc) is 2.35. The molecule has 0 spiro atoms. The lowest BCUT2D eigenvalue weighted by Gasteiger charge is -2.36. The lowest BCUT2D eigenvalue weighted by Crippen LogP contribution is -2.57. The van der Waals surface area contributed by atoms with Gasteiger partial charge in [-0.1, -0.05) is 0 Å². The van der Waals surface area contributed by atoms with Gasteiger partial charge in [0.05, 0.1) is 0 Å². The zero-order valence-corrected chi connectivity index (χ0v) is 9.33. The Balaban J connectivity index is 2.88. The summed E-state index contributed by atoms with van der Waals surface area (Å²) in [7, 11) is 0. The van der Waals surface area contributed by atoms with Crippen molar-refractivity contribution >= 4 is 0 Å². The normalized spacial score (nSPS) is 28.3. The van der Waals surface area contributed by atoms with Crippen LogP contribution in [-0.4, -0.2) is 17.0 Å². The molecule has 0 amide bonds. The molecular weight excluding hydrogens is 281 g/mol. The lowest BCUT2D eigenvalue weighted by molar-refractivity contribution is -0.338. The predicted molar refractivity (Wildman–Crippen MR) is 49.8 cm³/mol. The molecule has 1 atom stereocenters. The summed E-state index contributed by atoms with van der Waals surface area (Å²) in [4.78, 5) is 0. The molecule has 106 valence electrons. The molecule has 1 aromatic carbocycles. The van der Waals surface area contributed by atoms with E-state index in [1.165, 1.54) is 0 Å². The second-order valence-electron chi connectivity index (χ2n) is 4.44. The van der Waals surface area contributed by atoms with Gasteiger partial charge < -0.3 is 5.11 Å². The topological polar surface area (TPSA) is 20.2 Å². The van der Waals surface area contributed by atoms with Crippen LogP contribution >= 0.6 is 0 Å². The maximum absolute atomic E-state index is 13.6. The number of hydrogen-bond acceptors (Lipinski definition) is 1. The first-order chi connectivity index (χ1) is 8.37. The fourth-order valence-corrected chi connectivity index (χ4v) is 2.17. The molecule has 0 saturated carbocycles. The zero-order chi connectivity index (χ0) is 14.9. The van der Waals surface area contributed by atoms with E-state index in [4.69, 9.17) is 0 Å². The second-order valence-corrected chi connectivity index (χ2v) is 4.44. The monoisotopic (exact) mass is 288 g/mol. The molecule has 1 N–H and O–H groups in total. The summed E-state index contributed by atoms with van der Waals surface area (Å²) in [5.74, 6) is -16.4. The van der Waals surface area contributed by atoms with Gasteiger partial charge in [0.15, 0.2) is 0 Å². The molecule has 1 unspecified atom stereocenters. The third-order valence-electron chi connectivity index (χ3n) is 3.19. The maximum atomic E-state index is 13.6. The van der Waals surface area contributed by atoms with Gasteiger partial charge in [-0.15, -0.1) is 0 Å². The number of rotatable bonds is 1. The van der Waals surface area contributed by atoms with E-state index < -0.39 is 40.3 Å². The molecule has 0 bridgehead atoms. The van der Waals surface area contributed by atoms with Crippen molar-refractivity contribution in [1.82, 2.24) is 0 Å². The third kappa shape index (κ3) is 1.40. The van der Waals surface area contributed by atoms with E-state index in [0.717, 1.165) is 0 Å². The Morgan fingerprint density at radius 2 is 1.58 bits per heavy atom. The standard InChI is InChI=1S/C11H7F7O/c1-8(13,14)9(19)7-4-5(12)2-3-6(7)10(15,16)11(9,17)18/h2-4,19H,1H3. The van der Waals surface area contributed by atoms with Gasteiger partial charge >= 0.3 is 11.8 Å². The minimum atomic E-state index is -5.46. The van der Waals surface area contributed by atoms with Crippen molar-refractivity contribution in [1.29, 1.82) is 0 Å². The molecule has 1 aliphatic rings. The van der Waals surface area contributed by atoms with E-state index in [1.807, 2.05) is 0 Å². The molecule has 2 rings (SSSR count). The van der Waals surface area contributed by atoms with Crippen molar-refractivity contribution in [3.8, 4) is 0 Å². The van der Waals surface area contributed by atoms with Crippen LogP contribution < -0.4 is 0 Å². The minimum Gasteiger partial charge on any atom is -0.374 e. The molecule has 8 heteroatoms. The SMILES string of the molecule is CC(F)(F)C1(O)c2cc(F)ccc2C(F)(F)C1(F)F. The molecule has 19 heavy (non-hydrogen) atoms. The highest BCUT2D eigenvalue weighted by molar-refractivity contribution is 5.47. The molecule has 0 aromatic heterocycles. The first-order valence-electron chi connectivity index (χ1n) is 5.03. The largest absolute Gasteiger partial charge is 0.374 e. The highest BCUT2D eigenvalue weighted by atomic mass is 19.3. The van der Waals surface area contributed by atoms with Crippen LogP contribution in [0.25, 0.3) is 0 Å². The molecule has 0 aliphatic heterocycles. The number of alkyl halides is 6. The van der Waals surface area contributed by atoms with Gasteiger partial charge in [-0.05, 0) is 18.2 Å². The number of aliphatic hydroxyl groups is 1. The summed E-state index contributed by atoms with van der Waals surface area (Å²) in [5.41, 5.74) is -7.49. The Kier molecular flexibility index (Phi) is 2.53. The molecule has 1 nitrogen and oxygen atoms in total. The Morgan fingerprint density at radius 1 is 1.05 bits per heavy atom. The van der Waals surface area contributed by atoms with E-state index >= 15 is 0 Å². The number of hydrogen-bond donors (Lipinski definition) is 1. The summed E-state index contributed by atoms with van der Waals surface area (Å²) in [6.45, 7) is -0.128. The third-order valence-corrected chi connectivity index (χ3v) is 3.19. The van der Waals surface area contributed by atoms with Gasteiger partial charge in [-0.25, -0.2) is 13.2 Å². The van der Waals surface area contributed by atoms with Gasteiger partial charge in [0, 0.05) is 18.1 Å². The van der Waals surface area contributed by atoms with Gasteiger partial charge in [0.2, 0.25) is 5.60 Å². The summed E-state index contributed by atoms with van der Waals surface area (Å²) in [6, 6.07) is 0.770. The Morgan fingerprint density at radius 3 is 2.05 bits per heavy atom. The molecule has 1 aliphatic carbocycles. The van der Waals surface area contributed by atoms with Crippen LogP contribution in [0.2, 0.25) is 0 Å². The molecule has 1 aromatic rings. The van der Waals surface area contributed by atoms with E-state index in [9.17, 15) is 35.8 Å². The van der Waals surface area contributed by atoms with Crippen LogP contribution in [0, 0.1) is 5.82 Å². The fraction of sp³-hybridized carbons (Fsp3) is 0.455. The van der Waals surface area contributed by atoms with Crippen LogP contribution in [-0.2, 0) is 11.5 Å². The molecule has 0 saturated heterocycles. The summed E-state index contributed by atoms with van der Waals surface area (Å²) in [6.07, 6.45) is 0.